The highest BCUT2D eigenvalue weighted by atomic mass is 35.5. The zero-order valence-corrected chi connectivity index (χ0v) is 11.2. The lowest BCUT2D eigenvalue weighted by Crippen LogP contribution is -2.16. The van der Waals surface area contributed by atoms with E-state index < -0.39 is 4.92 Å². The van der Waals surface area contributed by atoms with Crippen LogP contribution in [0.3, 0.4) is 0 Å². The number of hydrogen-bond acceptors (Lipinski definition) is 6. The van der Waals surface area contributed by atoms with E-state index in [-0.39, 0.29) is 21.6 Å². The normalized spacial score (nSPS) is 10.6. The standard InChI is InChI=1S/C9H8ClN5O3S/c1-2-14-8(16)12-13-9(14)19-7-5(15(17)18)3-4-6(10)11-7/h3-4H,2H2,1H3,(H,12,16). The zero-order valence-electron chi connectivity index (χ0n) is 9.66. The minimum absolute atomic E-state index is 0.0891. The van der Waals surface area contributed by atoms with Crippen LogP contribution in [0.5, 0.6) is 0 Å². The van der Waals surface area contributed by atoms with Gasteiger partial charge in [0, 0.05) is 12.6 Å². The van der Waals surface area contributed by atoms with E-state index in [1.165, 1.54) is 16.7 Å². The van der Waals surface area contributed by atoms with Crippen LogP contribution in [0.2, 0.25) is 5.15 Å². The Hall–Kier alpha value is -1.87. The van der Waals surface area contributed by atoms with E-state index in [0.29, 0.717) is 11.7 Å². The maximum Gasteiger partial charge on any atom is 0.343 e. The van der Waals surface area contributed by atoms with Gasteiger partial charge in [-0.2, -0.15) is 0 Å². The second-order valence-electron chi connectivity index (χ2n) is 3.37. The first-order chi connectivity index (χ1) is 9.02. The van der Waals surface area contributed by atoms with Gasteiger partial charge in [0.05, 0.1) is 4.92 Å². The minimum Gasteiger partial charge on any atom is -0.270 e. The number of nitrogens with one attached hydrogen (secondary N) is 1. The lowest BCUT2D eigenvalue weighted by atomic mass is 10.4. The first kappa shape index (κ1) is 13.6. The average molecular weight is 302 g/mol. The van der Waals surface area contributed by atoms with Gasteiger partial charge in [0.1, 0.15) is 5.15 Å². The zero-order chi connectivity index (χ0) is 14.0. The molecule has 0 atom stereocenters. The molecular weight excluding hydrogens is 294 g/mol. The number of aromatic amines is 1. The number of pyridine rings is 1. The van der Waals surface area contributed by atoms with Gasteiger partial charge in [-0.05, 0) is 24.8 Å². The number of aromatic nitrogens is 4. The van der Waals surface area contributed by atoms with Crippen LogP contribution < -0.4 is 5.69 Å². The number of H-pyrrole nitrogens is 1. The van der Waals surface area contributed by atoms with Crippen molar-refractivity contribution in [1.82, 2.24) is 19.7 Å². The molecule has 2 heterocycles. The SMILES string of the molecule is CCn1c(Sc2nc(Cl)ccc2[N+](=O)[O-])n[nH]c1=O. The molecular formula is C9H8ClN5O3S. The Kier molecular flexibility index (Phi) is 3.86. The molecule has 0 saturated heterocycles. The van der Waals surface area contributed by atoms with Crippen molar-refractivity contribution in [2.24, 2.45) is 0 Å². The van der Waals surface area contributed by atoms with Crippen molar-refractivity contribution in [1.29, 1.82) is 0 Å². The number of nitro groups is 1. The summed E-state index contributed by atoms with van der Waals surface area (Å²) >= 11 is 6.63. The van der Waals surface area contributed by atoms with Gasteiger partial charge in [-0.1, -0.05) is 11.6 Å². The fourth-order valence-corrected chi connectivity index (χ4v) is 2.55. The van der Waals surface area contributed by atoms with E-state index in [1.54, 1.807) is 6.92 Å². The molecule has 0 radical (unpaired) electrons. The summed E-state index contributed by atoms with van der Waals surface area (Å²) in [6, 6.07) is 2.60. The summed E-state index contributed by atoms with van der Waals surface area (Å²) in [4.78, 5) is 25.6. The Morgan fingerprint density at radius 1 is 1.58 bits per heavy atom. The molecule has 0 aliphatic rings. The molecule has 0 unspecified atom stereocenters. The molecule has 1 N–H and O–H groups in total. The van der Waals surface area contributed by atoms with Crippen molar-refractivity contribution in [2.75, 3.05) is 0 Å². The molecule has 0 aliphatic carbocycles. The van der Waals surface area contributed by atoms with Crippen LogP contribution in [0.15, 0.2) is 27.1 Å². The maximum absolute atomic E-state index is 11.4. The van der Waals surface area contributed by atoms with Gasteiger partial charge in [-0.3, -0.25) is 14.7 Å². The largest absolute Gasteiger partial charge is 0.343 e. The van der Waals surface area contributed by atoms with Crippen molar-refractivity contribution in [3.8, 4) is 0 Å². The third kappa shape index (κ3) is 2.76. The second-order valence-corrected chi connectivity index (χ2v) is 4.72. The van der Waals surface area contributed by atoms with Crippen LogP contribution in [0, 0.1) is 10.1 Å². The smallest absolute Gasteiger partial charge is 0.270 e. The first-order valence-corrected chi connectivity index (χ1v) is 6.36. The van der Waals surface area contributed by atoms with Crippen molar-refractivity contribution >= 4 is 29.1 Å². The van der Waals surface area contributed by atoms with Crippen LogP contribution in [0.1, 0.15) is 6.92 Å². The summed E-state index contributed by atoms with van der Waals surface area (Å²) in [6.07, 6.45) is 0. The van der Waals surface area contributed by atoms with E-state index >= 15 is 0 Å². The predicted molar refractivity (Wildman–Crippen MR) is 68.5 cm³/mol. The lowest BCUT2D eigenvalue weighted by molar-refractivity contribution is -0.388. The molecule has 0 amide bonds. The quantitative estimate of drug-likeness (QED) is 0.523. The van der Waals surface area contributed by atoms with E-state index in [1.807, 2.05) is 0 Å². The third-order valence-corrected chi connectivity index (χ3v) is 3.43. The molecule has 100 valence electrons. The van der Waals surface area contributed by atoms with Gasteiger partial charge in [0.15, 0.2) is 10.2 Å². The summed E-state index contributed by atoms with van der Waals surface area (Å²) in [5, 5.41) is 17.5. The Bertz CT molecular complexity index is 683. The molecule has 0 spiro atoms. The molecule has 0 aromatic carbocycles. The number of rotatable bonds is 4. The highest BCUT2D eigenvalue weighted by molar-refractivity contribution is 7.99. The highest BCUT2D eigenvalue weighted by Crippen LogP contribution is 2.32. The van der Waals surface area contributed by atoms with Gasteiger partial charge >= 0.3 is 11.4 Å². The Morgan fingerprint density at radius 3 is 2.95 bits per heavy atom. The third-order valence-electron chi connectivity index (χ3n) is 2.23. The van der Waals surface area contributed by atoms with Gasteiger partial charge in [-0.25, -0.2) is 14.9 Å². The van der Waals surface area contributed by atoms with Crippen molar-refractivity contribution in [2.45, 2.75) is 23.7 Å². The monoisotopic (exact) mass is 301 g/mol. The molecule has 10 heteroatoms. The summed E-state index contributed by atoms with van der Waals surface area (Å²) in [6.45, 7) is 2.16. The molecule has 0 bridgehead atoms. The number of halogens is 1. The molecule has 0 aliphatic heterocycles. The van der Waals surface area contributed by atoms with Gasteiger partial charge < -0.3 is 0 Å². The van der Waals surface area contributed by atoms with E-state index in [2.05, 4.69) is 15.2 Å². The fraction of sp³-hybridized carbons (Fsp3) is 0.222. The Morgan fingerprint density at radius 2 is 2.32 bits per heavy atom. The average Bonchev–Trinajstić information content (AvgIpc) is 2.69. The molecule has 8 nitrogen and oxygen atoms in total. The predicted octanol–water partition coefficient (Wildman–Crippen LogP) is 1.70. The van der Waals surface area contributed by atoms with E-state index in [0.717, 1.165) is 11.8 Å². The summed E-state index contributed by atoms with van der Waals surface area (Å²) in [5.41, 5.74) is -0.567. The minimum atomic E-state index is -0.563. The highest BCUT2D eigenvalue weighted by Gasteiger charge is 2.20. The number of nitrogens with zero attached hydrogens (tertiary/aromatic N) is 4. The molecule has 19 heavy (non-hydrogen) atoms. The Labute approximate surface area is 116 Å². The lowest BCUT2D eigenvalue weighted by Gasteiger charge is -2.02. The van der Waals surface area contributed by atoms with Crippen LogP contribution in [0.25, 0.3) is 0 Å². The molecule has 0 saturated carbocycles. The van der Waals surface area contributed by atoms with Crippen LogP contribution >= 0.6 is 23.4 Å². The molecule has 2 rings (SSSR count). The molecule has 2 aromatic heterocycles. The second kappa shape index (κ2) is 5.41. The van der Waals surface area contributed by atoms with Crippen LogP contribution in [-0.2, 0) is 6.54 Å². The summed E-state index contributed by atoms with van der Waals surface area (Å²) in [5.74, 6) is 0. The van der Waals surface area contributed by atoms with E-state index in [4.69, 9.17) is 11.6 Å². The van der Waals surface area contributed by atoms with E-state index in [9.17, 15) is 14.9 Å². The van der Waals surface area contributed by atoms with Crippen LogP contribution in [0.4, 0.5) is 5.69 Å². The van der Waals surface area contributed by atoms with Gasteiger partial charge in [0.2, 0.25) is 0 Å². The van der Waals surface area contributed by atoms with Crippen molar-refractivity contribution in [3.05, 3.63) is 37.9 Å². The molecule has 2 aromatic rings. The summed E-state index contributed by atoms with van der Waals surface area (Å²) < 4.78 is 1.34. The summed E-state index contributed by atoms with van der Waals surface area (Å²) in [7, 11) is 0. The molecule has 0 fully saturated rings. The maximum atomic E-state index is 11.4. The Balaban J connectivity index is 2.45. The number of hydrogen-bond donors (Lipinski definition) is 1. The van der Waals surface area contributed by atoms with Crippen molar-refractivity contribution < 1.29 is 4.92 Å². The fourth-order valence-electron chi connectivity index (χ4n) is 1.37. The van der Waals surface area contributed by atoms with Gasteiger partial charge in [0.25, 0.3) is 0 Å². The van der Waals surface area contributed by atoms with Crippen molar-refractivity contribution in [3.63, 3.8) is 0 Å². The van der Waals surface area contributed by atoms with Crippen LogP contribution in [-0.4, -0.2) is 24.7 Å². The topological polar surface area (TPSA) is 107 Å². The first-order valence-electron chi connectivity index (χ1n) is 5.17. The van der Waals surface area contributed by atoms with Gasteiger partial charge in [-0.15, -0.1) is 5.10 Å².